The summed E-state index contributed by atoms with van der Waals surface area (Å²) in [6.07, 6.45) is 3.54. The SMILES string of the molecule is Cc1cnccc1C1SCCNC1=O. The number of hydrogen-bond acceptors (Lipinski definition) is 3. The molecule has 1 fully saturated rings. The van der Waals surface area contributed by atoms with E-state index < -0.39 is 0 Å². The molecule has 1 aromatic rings. The number of thioether (sulfide) groups is 1. The molecule has 1 atom stereocenters. The van der Waals surface area contributed by atoms with Crippen LogP contribution in [0, 0.1) is 6.92 Å². The maximum absolute atomic E-state index is 11.6. The highest BCUT2D eigenvalue weighted by molar-refractivity contribution is 8.00. The van der Waals surface area contributed by atoms with Crippen LogP contribution in [0.4, 0.5) is 0 Å². The van der Waals surface area contributed by atoms with Gasteiger partial charge < -0.3 is 5.32 Å². The Hall–Kier alpha value is -1.03. The lowest BCUT2D eigenvalue weighted by Crippen LogP contribution is -2.34. The monoisotopic (exact) mass is 208 g/mol. The van der Waals surface area contributed by atoms with Crippen LogP contribution in [0.5, 0.6) is 0 Å². The van der Waals surface area contributed by atoms with E-state index in [9.17, 15) is 4.79 Å². The van der Waals surface area contributed by atoms with Crippen molar-refractivity contribution in [3.63, 3.8) is 0 Å². The summed E-state index contributed by atoms with van der Waals surface area (Å²) in [6.45, 7) is 2.77. The Morgan fingerprint density at radius 2 is 2.50 bits per heavy atom. The number of carbonyl (C=O) groups excluding carboxylic acids is 1. The minimum atomic E-state index is -0.0493. The van der Waals surface area contributed by atoms with Crippen LogP contribution in [0.1, 0.15) is 16.4 Å². The van der Waals surface area contributed by atoms with E-state index in [-0.39, 0.29) is 11.2 Å². The van der Waals surface area contributed by atoms with Crippen molar-refractivity contribution in [2.75, 3.05) is 12.3 Å². The average Bonchev–Trinajstić information content (AvgIpc) is 2.20. The van der Waals surface area contributed by atoms with Gasteiger partial charge in [-0.25, -0.2) is 0 Å². The van der Waals surface area contributed by atoms with Crippen molar-refractivity contribution < 1.29 is 4.79 Å². The molecular formula is C10H12N2OS. The Bertz CT molecular complexity index is 354. The van der Waals surface area contributed by atoms with Crippen molar-refractivity contribution in [1.29, 1.82) is 0 Å². The topological polar surface area (TPSA) is 42.0 Å². The van der Waals surface area contributed by atoms with Crippen molar-refractivity contribution in [3.8, 4) is 0 Å². The Morgan fingerprint density at radius 1 is 1.64 bits per heavy atom. The van der Waals surface area contributed by atoms with Gasteiger partial charge in [0.05, 0.1) is 0 Å². The minimum absolute atomic E-state index is 0.0493. The van der Waals surface area contributed by atoms with Gasteiger partial charge in [0.15, 0.2) is 0 Å². The number of amides is 1. The molecule has 1 amide bonds. The summed E-state index contributed by atoms with van der Waals surface area (Å²) >= 11 is 1.70. The molecule has 1 aromatic heterocycles. The molecule has 1 aliphatic heterocycles. The van der Waals surface area contributed by atoms with Crippen molar-refractivity contribution in [2.45, 2.75) is 12.2 Å². The maximum Gasteiger partial charge on any atom is 0.237 e. The van der Waals surface area contributed by atoms with E-state index in [0.717, 1.165) is 23.4 Å². The second-order valence-electron chi connectivity index (χ2n) is 3.27. The molecule has 2 rings (SSSR count). The normalized spacial score (nSPS) is 21.8. The van der Waals surface area contributed by atoms with Gasteiger partial charge in [-0.05, 0) is 24.1 Å². The molecule has 0 radical (unpaired) electrons. The summed E-state index contributed by atoms with van der Waals surface area (Å²) < 4.78 is 0. The molecule has 4 heteroatoms. The van der Waals surface area contributed by atoms with E-state index in [1.165, 1.54) is 0 Å². The number of hydrogen-bond donors (Lipinski definition) is 1. The van der Waals surface area contributed by atoms with Crippen LogP contribution in [-0.4, -0.2) is 23.2 Å². The van der Waals surface area contributed by atoms with Crippen LogP contribution in [0.2, 0.25) is 0 Å². The zero-order chi connectivity index (χ0) is 9.97. The number of aryl methyl sites for hydroxylation is 1. The summed E-state index contributed by atoms with van der Waals surface area (Å²) in [7, 11) is 0. The summed E-state index contributed by atoms with van der Waals surface area (Å²) in [5.74, 6) is 1.11. The second kappa shape index (κ2) is 4.00. The predicted molar refractivity (Wildman–Crippen MR) is 57.2 cm³/mol. The fourth-order valence-electron chi connectivity index (χ4n) is 1.53. The molecule has 1 saturated heterocycles. The molecule has 0 spiro atoms. The largest absolute Gasteiger partial charge is 0.354 e. The molecule has 0 aliphatic carbocycles. The molecular weight excluding hydrogens is 196 g/mol. The molecule has 2 heterocycles. The van der Waals surface area contributed by atoms with Crippen molar-refractivity contribution in [1.82, 2.24) is 10.3 Å². The van der Waals surface area contributed by atoms with Crippen molar-refractivity contribution in [2.24, 2.45) is 0 Å². The second-order valence-corrected chi connectivity index (χ2v) is 4.49. The first kappa shape index (κ1) is 9.52. The van der Waals surface area contributed by atoms with Gasteiger partial charge >= 0.3 is 0 Å². The summed E-state index contributed by atoms with van der Waals surface area (Å²) in [5, 5.41) is 2.83. The number of carbonyl (C=O) groups is 1. The highest BCUT2D eigenvalue weighted by atomic mass is 32.2. The molecule has 0 bridgehead atoms. The lowest BCUT2D eigenvalue weighted by atomic mass is 10.1. The van der Waals surface area contributed by atoms with Gasteiger partial charge in [-0.15, -0.1) is 11.8 Å². The van der Waals surface area contributed by atoms with E-state index in [1.807, 2.05) is 13.0 Å². The Labute approximate surface area is 87.3 Å². The van der Waals surface area contributed by atoms with E-state index in [0.29, 0.717) is 0 Å². The predicted octanol–water partition coefficient (Wildman–Crippen LogP) is 1.29. The lowest BCUT2D eigenvalue weighted by Gasteiger charge is -2.22. The molecule has 0 saturated carbocycles. The zero-order valence-electron chi connectivity index (χ0n) is 7.99. The van der Waals surface area contributed by atoms with Crippen LogP contribution in [0.3, 0.4) is 0 Å². The number of nitrogens with zero attached hydrogens (tertiary/aromatic N) is 1. The fraction of sp³-hybridized carbons (Fsp3) is 0.400. The minimum Gasteiger partial charge on any atom is -0.354 e. The fourth-order valence-corrected chi connectivity index (χ4v) is 2.66. The van der Waals surface area contributed by atoms with Gasteiger partial charge in [0.25, 0.3) is 0 Å². The summed E-state index contributed by atoms with van der Waals surface area (Å²) in [6, 6.07) is 1.93. The van der Waals surface area contributed by atoms with Crippen LogP contribution < -0.4 is 5.32 Å². The Morgan fingerprint density at radius 3 is 3.21 bits per heavy atom. The Balaban J connectivity index is 2.29. The van der Waals surface area contributed by atoms with Gasteiger partial charge in [-0.3, -0.25) is 9.78 Å². The summed E-state index contributed by atoms with van der Waals surface area (Å²) in [4.78, 5) is 15.6. The van der Waals surface area contributed by atoms with Gasteiger partial charge in [0.1, 0.15) is 5.25 Å². The molecule has 74 valence electrons. The third-order valence-corrected chi connectivity index (χ3v) is 3.51. The van der Waals surface area contributed by atoms with E-state index >= 15 is 0 Å². The van der Waals surface area contributed by atoms with Crippen LogP contribution in [0.25, 0.3) is 0 Å². The molecule has 14 heavy (non-hydrogen) atoms. The molecule has 3 nitrogen and oxygen atoms in total. The van der Waals surface area contributed by atoms with Gasteiger partial charge in [-0.2, -0.15) is 0 Å². The van der Waals surface area contributed by atoms with Crippen LogP contribution in [0.15, 0.2) is 18.5 Å². The highest BCUT2D eigenvalue weighted by Crippen LogP contribution is 2.32. The molecule has 1 unspecified atom stereocenters. The van der Waals surface area contributed by atoms with Crippen LogP contribution in [-0.2, 0) is 4.79 Å². The zero-order valence-corrected chi connectivity index (χ0v) is 8.80. The first-order valence-electron chi connectivity index (χ1n) is 4.59. The quantitative estimate of drug-likeness (QED) is 0.756. The molecule has 1 aliphatic rings. The lowest BCUT2D eigenvalue weighted by molar-refractivity contribution is -0.120. The van der Waals surface area contributed by atoms with Gasteiger partial charge in [-0.1, -0.05) is 0 Å². The van der Waals surface area contributed by atoms with Crippen molar-refractivity contribution >= 4 is 17.7 Å². The first-order valence-corrected chi connectivity index (χ1v) is 5.64. The number of aromatic nitrogens is 1. The smallest absolute Gasteiger partial charge is 0.237 e. The van der Waals surface area contributed by atoms with E-state index in [4.69, 9.17) is 0 Å². The van der Waals surface area contributed by atoms with E-state index in [2.05, 4.69) is 10.3 Å². The average molecular weight is 208 g/mol. The van der Waals surface area contributed by atoms with Gasteiger partial charge in [0, 0.05) is 24.7 Å². The third-order valence-electron chi connectivity index (χ3n) is 2.27. The standard InChI is InChI=1S/C10H12N2OS/c1-7-6-11-3-2-8(7)9-10(13)12-4-5-14-9/h2-3,6,9H,4-5H2,1H3,(H,12,13). The number of rotatable bonds is 1. The molecule has 0 aromatic carbocycles. The highest BCUT2D eigenvalue weighted by Gasteiger charge is 2.25. The third kappa shape index (κ3) is 1.75. The van der Waals surface area contributed by atoms with Gasteiger partial charge in [0.2, 0.25) is 5.91 Å². The maximum atomic E-state index is 11.6. The first-order chi connectivity index (χ1) is 6.79. The van der Waals surface area contributed by atoms with Crippen LogP contribution >= 0.6 is 11.8 Å². The number of pyridine rings is 1. The van der Waals surface area contributed by atoms with E-state index in [1.54, 1.807) is 24.2 Å². The Kier molecular flexibility index (Phi) is 2.72. The van der Waals surface area contributed by atoms with Crippen molar-refractivity contribution in [3.05, 3.63) is 29.6 Å². The number of nitrogens with one attached hydrogen (secondary N) is 1. The summed E-state index contributed by atoms with van der Waals surface area (Å²) in [5.41, 5.74) is 2.17. The molecule has 1 N–H and O–H groups in total.